The highest BCUT2D eigenvalue weighted by Gasteiger charge is 1.94. The zero-order valence-electron chi connectivity index (χ0n) is 12.0. The number of nitrogens with zero attached hydrogens (tertiary/aromatic N) is 4. The molecule has 0 aromatic carbocycles. The maximum absolute atomic E-state index is 3.64. The summed E-state index contributed by atoms with van der Waals surface area (Å²) in [7, 11) is 4.00. The maximum Gasteiger partial charge on any atom is 0.243 e. The van der Waals surface area contributed by atoms with Crippen LogP contribution in [0.4, 0.5) is 0 Å². The van der Waals surface area contributed by atoms with Crippen molar-refractivity contribution >= 4 is 0 Å². The molecule has 2 aromatic rings. The second-order valence-corrected chi connectivity index (χ2v) is 4.13. The molecule has 0 radical (unpaired) electrons. The van der Waals surface area contributed by atoms with E-state index in [-0.39, 0.29) is 24.8 Å². The Labute approximate surface area is 133 Å². The molecule has 0 atom stereocenters. The number of aryl methyl sites for hydroxylation is 2. The third-order valence-corrected chi connectivity index (χ3v) is 2.33. The van der Waals surface area contributed by atoms with E-state index < -0.39 is 0 Å². The van der Waals surface area contributed by atoms with Crippen LogP contribution >= 0.6 is 0 Å². The molecule has 112 valence electrons. The van der Waals surface area contributed by atoms with E-state index in [0.717, 1.165) is 13.1 Å². The van der Waals surface area contributed by atoms with E-state index in [4.69, 9.17) is 0 Å². The van der Waals surface area contributed by atoms with Gasteiger partial charge in [0.1, 0.15) is 37.9 Å². The highest BCUT2D eigenvalue weighted by molar-refractivity contribution is 4.74. The maximum atomic E-state index is 3.64. The van der Waals surface area contributed by atoms with Crippen LogP contribution in [0.15, 0.2) is 62.8 Å². The van der Waals surface area contributed by atoms with Gasteiger partial charge in [-0.1, -0.05) is 25.3 Å². The third-order valence-electron chi connectivity index (χ3n) is 2.33. The fourth-order valence-corrected chi connectivity index (χ4v) is 1.52. The fourth-order valence-electron chi connectivity index (χ4n) is 1.52. The lowest BCUT2D eigenvalue weighted by Gasteiger charge is -1.83. The van der Waals surface area contributed by atoms with Gasteiger partial charge in [-0.05, 0) is 0 Å². The minimum atomic E-state index is 0. The molecule has 0 aliphatic carbocycles. The average molecular weight is 317 g/mol. The first kappa shape index (κ1) is 20.8. The Morgan fingerprint density at radius 1 is 0.850 bits per heavy atom. The minimum Gasteiger partial charge on any atom is -1.00 e. The van der Waals surface area contributed by atoms with E-state index >= 15 is 0 Å². The lowest BCUT2D eigenvalue weighted by atomic mass is 10.6. The molecule has 0 aliphatic heterocycles. The van der Waals surface area contributed by atoms with Crippen molar-refractivity contribution < 1.29 is 33.9 Å². The molecule has 0 N–H and O–H groups in total. The zero-order chi connectivity index (χ0) is 13.4. The van der Waals surface area contributed by atoms with Gasteiger partial charge in [-0.25, -0.2) is 18.3 Å². The summed E-state index contributed by atoms with van der Waals surface area (Å²) < 4.78 is 8.13. The summed E-state index contributed by atoms with van der Waals surface area (Å²) in [5.41, 5.74) is 0. The van der Waals surface area contributed by atoms with Gasteiger partial charge in [0.25, 0.3) is 0 Å². The number of imidazole rings is 2. The summed E-state index contributed by atoms with van der Waals surface area (Å²) in [4.78, 5) is 0. The molecule has 6 heteroatoms. The number of allylic oxidation sites excluding steroid dienone is 2. The van der Waals surface area contributed by atoms with Crippen molar-refractivity contribution in [2.45, 2.75) is 13.1 Å². The van der Waals surface area contributed by atoms with Crippen LogP contribution < -0.4 is 33.9 Å². The topological polar surface area (TPSA) is 17.6 Å². The van der Waals surface area contributed by atoms with Crippen molar-refractivity contribution in [1.82, 2.24) is 9.13 Å². The molecule has 2 heterocycles. The highest BCUT2D eigenvalue weighted by atomic mass is 35.5. The predicted octanol–water partition coefficient (Wildman–Crippen LogP) is -4.99. The van der Waals surface area contributed by atoms with Gasteiger partial charge >= 0.3 is 0 Å². The first-order valence-electron chi connectivity index (χ1n) is 5.89. The Bertz CT molecular complexity index is 457. The van der Waals surface area contributed by atoms with Crippen molar-refractivity contribution in [1.29, 1.82) is 0 Å². The van der Waals surface area contributed by atoms with Gasteiger partial charge in [0, 0.05) is 0 Å². The van der Waals surface area contributed by atoms with Crippen LogP contribution in [0.25, 0.3) is 0 Å². The van der Waals surface area contributed by atoms with Gasteiger partial charge < -0.3 is 24.8 Å². The van der Waals surface area contributed by atoms with Crippen LogP contribution in [0, 0.1) is 0 Å². The van der Waals surface area contributed by atoms with Crippen LogP contribution in [0.2, 0.25) is 0 Å². The number of halogens is 2. The second kappa shape index (κ2) is 11.3. The van der Waals surface area contributed by atoms with E-state index in [1.54, 1.807) is 0 Å². The SMILES string of the molecule is C=CCn1cc[n+](C)c1.C=CCn1cc[n+](C)c1.[Cl-].[Cl-]. The van der Waals surface area contributed by atoms with Gasteiger partial charge in [0.15, 0.2) is 0 Å². The second-order valence-electron chi connectivity index (χ2n) is 4.13. The monoisotopic (exact) mass is 316 g/mol. The summed E-state index contributed by atoms with van der Waals surface area (Å²) in [6.07, 6.45) is 15.8. The molecule has 4 nitrogen and oxygen atoms in total. The molecule has 0 bridgehead atoms. The van der Waals surface area contributed by atoms with Crippen molar-refractivity contribution in [3.63, 3.8) is 0 Å². The van der Waals surface area contributed by atoms with Gasteiger partial charge in [0.2, 0.25) is 12.7 Å². The van der Waals surface area contributed by atoms with E-state index in [1.807, 2.05) is 72.8 Å². The molecular weight excluding hydrogens is 295 g/mol. The van der Waals surface area contributed by atoms with Gasteiger partial charge in [0.05, 0.1) is 14.1 Å². The number of aromatic nitrogens is 4. The van der Waals surface area contributed by atoms with Crippen molar-refractivity contribution in [3.8, 4) is 0 Å². The number of rotatable bonds is 4. The Morgan fingerprint density at radius 2 is 1.20 bits per heavy atom. The zero-order valence-corrected chi connectivity index (χ0v) is 13.5. The van der Waals surface area contributed by atoms with Crippen LogP contribution in [0.5, 0.6) is 0 Å². The lowest BCUT2D eigenvalue weighted by molar-refractivity contribution is -0.671. The quantitative estimate of drug-likeness (QED) is 0.397. The van der Waals surface area contributed by atoms with Gasteiger partial charge in [-0.15, -0.1) is 0 Å². The highest BCUT2D eigenvalue weighted by Crippen LogP contribution is 1.82. The van der Waals surface area contributed by atoms with Crippen LogP contribution in [-0.4, -0.2) is 9.13 Å². The van der Waals surface area contributed by atoms with E-state index in [0.29, 0.717) is 0 Å². The average Bonchev–Trinajstić information content (AvgIpc) is 2.90. The molecule has 0 unspecified atom stereocenters. The van der Waals surface area contributed by atoms with Crippen LogP contribution in [0.1, 0.15) is 0 Å². The molecule has 0 fully saturated rings. The Hall–Kier alpha value is -1.52. The van der Waals surface area contributed by atoms with E-state index in [1.165, 1.54) is 0 Å². The Morgan fingerprint density at radius 3 is 1.40 bits per heavy atom. The smallest absolute Gasteiger partial charge is 0.243 e. The lowest BCUT2D eigenvalue weighted by Crippen LogP contribution is -3.00. The number of hydrogen-bond donors (Lipinski definition) is 0. The van der Waals surface area contributed by atoms with Gasteiger partial charge in [-0.2, -0.15) is 0 Å². The van der Waals surface area contributed by atoms with E-state index in [9.17, 15) is 0 Å². The molecule has 0 saturated heterocycles. The molecule has 0 saturated carbocycles. The molecule has 0 aliphatic rings. The third kappa shape index (κ3) is 7.81. The first-order valence-corrected chi connectivity index (χ1v) is 5.89. The summed E-state index contributed by atoms with van der Waals surface area (Å²) in [6, 6.07) is 0. The molecule has 0 amide bonds. The van der Waals surface area contributed by atoms with Gasteiger partial charge in [-0.3, -0.25) is 0 Å². The summed E-state index contributed by atoms with van der Waals surface area (Å²) in [5, 5.41) is 0. The van der Waals surface area contributed by atoms with Crippen LogP contribution in [-0.2, 0) is 27.2 Å². The molecular formula is C14H22Cl2N4. The molecule has 2 aromatic heterocycles. The van der Waals surface area contributed by atoms with Crippen molar-refractivity contribution in [3.05, 3.63) is 62.8 Å². The minimum absolute atomic E-state index is 0. The summed E-state index contributed by atoms with van der Waals surface area (Å²) in [6.45, 7) is 9.05. The fraction of sp³-hybridized carbons (Fsp3) is 0.286. The molecule has 0 spiro atoms. The predicted molar refractivity (Wildman–Crippen MR) is 71.6 cm³/mol. The Kier molecular flexibility index (Phi) is 11.8. The summed E-state index contributed by atoms with van der Waals surface area (Å²) in [5.74, 6) is 0. The Balaban J connectivity index is 0. The van der Waals surface area contributed by atoms with Crippen LogP contribution in [0.3, 0.4) is 0 Å². The largest absolute Gasteiger partial charge is 1.00 e. The van der Waals surface area contributed by atoms with E-state index in [2.05, 4.69) is 22.3 Å². The van der Waals surface area contributed by atoms with Crippen molar-refractivity contribution in [2.75, 3.05) is 0 Å². The molecule has 20 heavy (non-hydrogen) atoms. The normalized spacial score (nSPS) is 8.50. The number of hydrogen-bond acceptors (Lipinski definition) is 0. The summed E-state index contributed by atoms with van der Waals surface area (Å²) >= 11 is 0. The van der Waals surface area contributed by atoms with Crippen molar-refractivity contribution in [2.24, 2.45) is 14.1 Å². The first-order chi connectivity index (χ1) is 8.65. The standard InChI is InChI=1S/2C7H11N2.2ClH/c2*1-3-4-9-6-5-8(2)7-9;;/h2*3,5-7H,1,4H2,2H3;2*1H/q2*+1;;/p-2. The molecule has 2 rings (SSSR count).